The fourth-order valence-electron chi connectivity index (χ4n) is 2.00. The van der Waals surface area contributed by atoms with Crippen molar-refractivity contribution in [1.82, 2.24) is 10.6 Å². The van der Waals surface area contributed by atoms with E-state index in [0.717, 1.165) is 26.3 Å². The number of unbranched alkanes of at least 4 members (excludes halogenated alkanes) is 2. The van der Waals surface area contributed by atoms with Crippen molar-refractivity contribution < 1.29 is 4.74 Å². The zero-order valence-electron chi connectivity index (χ0n) is 10.2. The Bertz CT molecular complexity index is 147. The molecule has 0 spiro atoms. The summed E-state index contributed by atoms with van der Waals surface area (Å²) in [5.74, 6) is 0. The van der Waals surface area contributed by atoms with Gasteiger partial charge in [-0.25, -0.2) is 0 Å². The molecule has 1 aliphatic rings. The van der Waals surface area contributed by atoms with Gasteiger partial charge in [0.1, 0.15) is 0 Å². The van der Waals surface area contributed by atoms with E-state index in [1.165, 1.54) is 25.7 Å². The van der Waals surface area contributed by atoms with Gasteiger partial charge in [0, 0.05) is 18.6 Å². The van der Waals surface area contributed by atoms with Gasteiger partial charge in [0.2, 0.25) is 0 Å². The Morgan fingerprint density at radius 3 is 3.00 bits per heavy atom. The maximum absolute atomic E-state index is 5.44. The molecule has 90 valence electrons. The summed E-state index contributed by atoms with van der Waals surface area (Å²) >= 11 is 0. The van der Waals surface area contributed by atoms with E-state index in [-0.39, 0.29) is 0 Å². The Kier molecular flexibility index (Phi) is 6.98. The van der Waals surface area contributed by atoms with Crippen molar-refractivity contribution in [3.8, 4) is 0 Å². The quantitative estimate of drug-likeness (QED) is 0.631. The minimum Gasteiger partial charge on any atom is -0.379 e. The van der Waals surface area contributed by atoms with Crippen molar-refractivity contribution in [1.29, 1.82) is 0 Å². The van der Waals surface area contributed by atoms with E-state index in [4.69, 9.17) is 4.74 Å². The summed E-state index contributed by atoms with van der Waals surface area (Å²) in [6.07, 6.45) is 5.11. The van der Waals surface area contributed by atoms with Crippen molar-refractivity contribution in [3.63, 3.8) is 0 Å². The van der Waals surface area contributed by atoms with Gasteiger partial charge in [-0.1, -0.05) is 19.8 Å². The van der Waals surface area contributed by atoms with Gasteiger partial charge in [-0.15, -0.1) is 0 Å². The first-order valence-electron chi connectivity index (χ1n) is 6.37. The molecule has 0 radical (unpaired) electrons. The molecule has 3 heteroatoms. The lowest BCUT2D eigenvalue weighted by Gasteiger charge is -2.26. The molecule has 1 aliphatic heterocycles. The summed E-state index contributed by atoms with van der Waals surface area (Å²) < 4.78 is 5.44. The van der Waals surface area contributed by atoms with E-state index in [0.29, 0.717) is 12.1 Å². The maximum atomic E-state index is 5.44. The first-order chi connectivity index (χ1) is 7.33. The summed E-state index contributed by atoms with van der Waals surface area (Å²) in [5.41, 5.74) is 0. The van der Waals surface area contributed by atoms with Crippen LogP contribution in [0, 0.1) is 0 Å². The molecule has 1 heterocycles. The van der Waals surface area contributed by atoms with Gasteiger partial charge in [-0.3, -0.25) is 0 Å². The van der Waals surface area contributed by atoms with E-state index in [2.05, 4.69) is 24.5 Å². The molecule has 1 rings (SSSR count). The lowest BCUT2D eigenvalue weighted by molar-refractivity contribution is 0.0712. The smallest absolute Gasteiger partial charge is 0.0620 e. The second kappa shape index (κ2) is 8.08. The van der Waals surface area contributed by atoms with Crippen molar-refractivity contribution in [2.75, 3.05) is 26.3 Å². The first-order valence-corrected chi connectivity index (χ1v) is 6.37. The Morgan fingerprint density at radius 1 is 1.47 bits per heavy atom. The monoisotopic (exact) mass is 214 g/mol. The fraction of sp³-hybridized carbons (Fsp3) is 1.00. The van der Waals surface area contributed by atoms with Crippen LogP contribution in [0.5, 0.6) is 0 Å². The second-order valence-electron chi connectivity index (χ2n) is 4.52. The van der Waals surface area contributed by atoms with Gasteiger partial charge in [-0.2, -0.15) is 0 Å². The van der Waals surface area contributed by atoms with Gasteiger partial charge in [0.25, 0.3) is 0 Å². The molecule has 0 aromatic carbocycles. The molecule has 15 heavy (non-hydrogen) atoms. The number of nitrogens with one attached hydrogen (secondary N) is 2. The highest BCUT2D eigenvalue weighted by Gasteiger charge is 2.15. The van der Waals surface area contributed by atoms with E-state index in [1.807, 2.05) is 0 Å². The third-order valence-corrected chi connectivity index (χ3v) is 2.91. The summed E-state index contributed by atoms with van der Waals surface area (Å²) in [5, 5.41) is 7.06. The molecule has 2 N–H and O–H groups in total. The summed E-state index contributed by atoms with van der Waals surface area (Å²) in [6.45, 7) is 8.42. The summed E-state index contributed by atoms with van der Waals surface area (Å²) in [4.78, 5) is 0. The number of ether oxygens (including phenoxy) is 1. The first kappa shape index (κ1) is 12.9. The largest absolute Gasteiger partial charge is 0.379 e. The maximum Gasteiger partial charge on any atom is 0.0620 e. The third kappa shape index (κ3) is 6.13. The van der Waals surface area contributed by atoms with Crippen LogP contribution >= 0.6 is 0 Å². The SMILES string of the molecule is CCCCCNC(C)CC1COCCN1. The molecule has 0 amide bonds. The second-order valence-corrected chi connectivity index (χ2v) is 4.52. The van der Waals surface area contributed by atoms with Crippen LogP contribution in [0.3, 0.4) is 0 Å². The highest BCUT2D eigenvalue weighted by Crippen LogP contribution is 2.02. The highest BCUT2D eigenvalue weighted by molar-refractivity contribution is 4.75. The zero-order valence-corrected chi connectivity index (χ0v) is 10.2. The minimum absolute atomic E-state index is 0.549. The number of hydrogen-bond donors (Lipinski definition) is 2. The molecule has 0 saturated carbocycles. The Balaban J connectivity index is 1.98. The fourth-order valence-corrected chi connectivity index (χ4v) is 2.00. The minimum atomic E-state index is 0.549. The summed E-state index contributed by atoms with van der Waals surface area (Å²) in [7, 11) is 0. The number of morpholine rings is 1. The molecule has 0 aliphatic carbocycles. The molecular formula is C12H26N2O. The summed E-state index contributed by atoms with van der Waals surface area (Å²) in [6, 6.07) is 1.15. The molecule has 3 nitrogen and oxygen atoms in total. The van der Waals surface area contributed by atoms with Crippen LogP contribution in [0.1, 0.15) is 39.5 Å². The van der Waals surface area contributed by atoms with Gasteiger partial charge in [0.15, 0.2) is 0 Å². The highest BCUT2D eigenvalue weighted by atomic mass is 16.5. The van der Waals surface area contributed by atoms with Gasteiger partial charge in [-0.05, 0) is 26.3 Å². The molecule has 0 bridgehead atoms. The molecular weight excluding hydrogens is 188 g/mol. The van der Waals surface area contributed by atoms with E-state index in [1.54, 1.807) is 0 Å². The normalized spacial score (nSPS) is 24.0. The molecule has 0 aromatic heterocycles. The third-order valence-electron chi connectivity index (χ3n) is 2.91. The predicted octanol–water partition coefficient (Wildman–Crippen LogP) is 1.53. The van der Waals surface area contributed by atoms with Gasteiger partial charge < -0.3 is 15.4 Å². The topological polar surface area (TPSA) is 33.3 Å². The van der Waals surface area contributed by atoms with Gasteiger partial charge in [0.05, 0.1) is 13.2 Å². The van der Waals surface area contributed by atoms with Crippen molar-refractivity contribution in [2.45, 2.75) is 51.6 Å². The zero-order chi connectivity index (χ0) is 10.9. The lowest BCUT2D eigenvalue weighted by Crippen LogP contribution is -2.45. The Labute approximate surface area is 94.0 Å². The van der Waals surface area contributed by atoms with E-state index >= 15 is 0 Å². The number of rotatable bonds is 7. The van der Waals surface area contributed by atoms with Crippen molar-refractivity contribution >= 4 is 0 Å². The van der Waals surface area contributed by atoms with Gasteiger partial charge >= 0.3 is 0 Å². The van der Waals surface area contributed by atoms with Crippen LogP contribution in [-0.4, -0.2) is 38.4 Å². The average molecular weight is 214 g/mol. The molecule has 2 unspecified atom stereocenters. The average Bonchev–Trinajstić information content (AvgIpc) is 2.26. The molecule has 2 atom stereocenters. The molecule has 0 aromatic rings. The molecule has 1 fully saturated rings. The van der Waals surface area contributed by atoms with Crippen LogP contribution < -0.4 is 10.6 Å². The van der Waals surface area contributed by atoms with Crippen LogP contribution in [-0.2, 0) is 4.74 Å². The standard InChI is InChI=1S/C12H26N2O/c1-3-4-5-6-13-11(2)9-12-10-15-8-7-14-12/h11-14H,3-10H2,1-2H3. The van der Waals surface area contributed by atoms with Crippen molar-refractivity contribution in [3.05, 3.63) is 0 Å². The van der Waals surface area contributed by atoms with Crippen molar-refractivity contribution in [2.24, 2.45) is 0 Å². The van der Waals surface area contributed by atoms with Crippen LogP contribution in [0.2, 0.25) is 0 Å². The van der Waals surface area contributed by atoms with Crippen LogP contribution in [0.15, 0.2) is 0 Å². The Hall–Kier alpha value is -0.120. The van der Waals surface area contributed by atoms with E-state index < -0.39 is 0 Å². The lowest BCUT2D eigenvalue weighted by atomic mass is 10.1. The molecule has 1 saturated heterocycles. The Morgan fingerprint density at radius 2 is 2.33 bits per heavy atom. The van der Waals surface area contributed by atoms with E-state index in [9.17, 15) is 0 Å². The predicted molar refractivity (Wildman–Crippen MR) is 64.2 cm³/mol. The number of hydrogen-bond acceptors (Lipinski definition) is 3. The van der Waals surface area contributed by atoms with Crippen LogP contribution in [0.4, 0.5) is 0 Å². The van der Waals surface area contributed by atoms with Crippen LogP contribution in [0.25, 0.3) is 0 Å².